The van der Waals surface area contributed by atoms with Gasteiger partial charge in [-0.3, -0.25) is 4.79 Å². The van der Waals surface area contributed by atoms with Crippen LogP contribution in [0.5, 0.6) is 0 Å². The summed E-state index contributed by atoms with van der Waals surface area (Å²) < 4.78 is 0. The van der Waals surface area contributed by atoms with Gasteiger partial charge in [0.15, 0.2) is 5.69 Å². The lowest BCUT2D eigenvalue weighted by Gasteiger charge is -2.20. The minimum Gasteiger partial charge on any atom is -0.595 e. The molecule has 182 valence electrons. The van der Waals surface area contributed by atoms with Gasteiger partial charge in [0.05, 0.1) is 11.8 Å². The highest BCUT2D eigenvalue weighted by Crippen LogP contribution is 2.29. The molecule has 0 fully saturated rings. The molecule has 0 saturated heterocycles. The van der Waals surface area contributed by atoms with Crippen LogP contribution in [0.15, 0.2) is 52.9 Å². The van der Waals surface area contributed by atoms with Crippen molar-refractivity contribution in [3.05, 3.63) is 68.6 Å². The van der Waals surface area contributed by atoms with Gasteiger partial charge in [-0.1, -0.05) is 11.6 Å². The number of hydrogen-bond donors (Lipinski definition) is 4. The number of amides is 1. The fourth-order valence-electron chi connectivity index (χ4n) is 3.00. The molecule has 1 heterocycles. The lowest BCUT2D eigenvalue weighted by Crippen LogP contribution is -2.99. The maximum absolute atomic E-state index is 13.3. The van der Waals surface area contributed by atoms with Crippen LogP contribution in [0.2, 0.25) is 5.02 Å². The molecule has 3 aromatic rings. The van der Waals surface area contributed by atoms with E-state index in [1.807, 2.05) is 27.7 Å². The van der Waals surface area contributed by atoms with Crippen LogP contribution in [0.4, 0.5) is 11.4 Å². The van der Waals surface area contributed by atoms with E-state index in [1.165, 1.54) is 23.5 Å². The van der Waals surface area contributed by atoms with E-state index in [9.17, 15) is 15.3 Å². The van der Waals surface area contributed by atoms with E-state index in [-0.39, 0.29) is 11.4 Å². The number of thiazole rings is 1. The molecule has 0 bridgehead atoms. The largest absolute Gasteiger partial charge is 0.595 e. The van der Waals surface area contributed by atoms with Crippen molar-refractivity contribution >= 4 is 45.9 Å². The van der Waals surface area contributed by atoms with Crippen molar-refractivity contribution in [1.29, 1.82) is 5.26 Å². The summed E-state index contributed by atoms with van der Waals surface area (Å²) >= 11 is 7.24. The van der Waals surface area contributed by atoms with Crippen LogP contribution in [0, 0.1) is 23.5 Å². The maximum Gasteiger partial charge on any atom is 0.273 e. The number of nitriles is 1. The highest BCUT2D eigenvalue weighted by molar-refractivity contribution is 7.10. The Morgan fingerprint density at radius 1 is 1.29 bits per heavy atom. The minimum atomic E-state index is -1.03. The second-order valence-corrected chi connectivity index (χ2v) is 10.1. The Morgan fingerprint density at radius 2 is 1.97 bits per heavy atom. The van der Waals surface area contributed by atoms with Gasteiger partial charge >= 0.3 is 0 Å². The van der Waals surface area contributed by atoms with Gasteiger partial charge in [-0.05, 0) is 63.6 Å². The van der Waals surface area contributed by atoms with Crippen LogP contribution in [0.25, 0.3) is 11.3 Å². The topological polar surface area (TPSA) is 138 Å². The quantitative estimate of drug-likeness (QED) is 0.277. The first kappa shape index (κ1) is 26.3. The predicted octanol–water partition coefficient (Wildman–Crippen LogP) is 4.17. The van der Waals surface area contributed by atoms with Crippen LogP contribution in [-0.4, -0.2) is 27.3 Å². The number of carbonyl (C=O) groups is 1. The normalized spacial score (nSPS) is 13.6. The number of aryl methyl sites for hydroxylation is 1. The SMILES string of the molecule is Cc1cc(Cl)ccc1NC(=O)/C(=N/NC(C)(C)C)C(C#N)c1nc(-c2ccc([NH+]([O-])O)cc2)cs1. The second-order valence-electron chi connectivity index (χ2n) is 8.79. The zero-order valence-electron chi connectivity index (χ0n) is 19.6. The average molecular weight is 513 g/mol. The van der Waals surface area contributed by atoms with Crippen LogP contribution in [0.1, 0.15) is 37.3 Å². The van der Waals surface area contributed by atoms with E-state index in [4.69, 9.17) is 16.8 Å². The Labute approximate surface area is 212 Å². The number of carbonyl (C=O) groups excluding carboxylic acids is 1. The third-order valence-corrected chi connectivity index (χ3v) is 5.92. The summed E-state index contributed by atoms with van der Waals surface area (Å²) in [6, 6.07) is 13.5. The molecule has 0 radical (unpaired) electrons. The number of hydrogen-bond acceptors (Lipinski definition) is 8. The predicted molar refractivity (Wildman–Crippen MR) is 137 cm³/mol. The van der Waals surface area contributed by atoms with E-state index in [0.29, 0.717) is 27.0 Å². The summed E-state index contributed by atoms with van der Waals surface area (Å²) in [5.41, 5.74) is 5.21. The molecular formula is C24H25ClN6O3S. The number of nitrogens with one attached hydrogen (secondary N) is 3. The molecule has 4 N–H and O–H groups in total. The standard InChI is InChI=1S/C24H25ClN6O3S/c1-14-11-16(25)7-10-19(14)27-22(32)21(29-30-24(2,3)4)18(12-26)23-28-20(13-35-23)15-5-8-17(9-6-15)31(33)34/h5-11,13,18,30-31,33H,1-4H3,(H,27,32)/b29-21+. The summed E-state index contributed by atoms with van der Waals surface area (Å²) in [6.45, 7) is 7.48. The molecule has 0 aliphatic carbocycles. The van der Waals surface area contributed by atoms with E-state index in [0.717, 1.165) is 5.56 Å². The number of quaternary nitrogens is 1. The van der Waals surface area contributed by atoms with E-state index in [1.54, 1.807) is 35.7 Å². The second kappa shape index (κ2) is 10.9. The molecule has 1 aromatic heterocycles. The van der Waals surface area contributed by atoms with Gasteiger partial charge in [0.2, 0.25) is 0 Å². The van der Waals surface area contributed by atoms with Gasteiger partial charge in [0.1, 0.15) is 16.6 Å². The van der Waals surface area contributed by atoms with Crippen molar-refractivity contribution in [1.82, 2.24) is 10.4 Å². The molecular weight excluding hydrogens is 488 g/mol. The Morgan fingerprint density at radius 3 is 2.54 bits per heavy atom. The van der Waals surface area contributed by atoms with Crippen molar-refractivity contribution in [2.45, 2.75) is 39.2 Å². The Balaban J connectivity index is 1.94. The highest BCUT2D eigenvalue weighted by Gasteiger charge is 2.29. The van der Waals surface area contributed by atoms with Crippen LogP contribution in [0.3, 0.4) is 0 Å². The van der Waals surface area contributed by atoms with Crippen molar-refractivity contribution in [3.63, 3.8) is 0 Å². The van der Waals surface area contributed by atoms with Crippen molar-refractivity contribution in [3.8, 4) is 17.3 Å². The maximum atomic E-state index is 13.3. The van der Waals surface area contributed by atoms with E-state index in [2.05, 4.69) is 26.9 Å². The monoisotopic (exact) mass is 512 g/mol. The lowest BCUT2D eigenvalue weighted by molar-refractivity contribution is -0.991. The van der Waals surface area contributed by atoms with E-state index >= 15 is 0 Å². The number of rotatable bonds is 7. The first-order chi connectivity index (χ1) is 16.5. The fraction of sp³-hybridized carbons (Fsp3) is 0.250. The molecule has 0 aliphatic heterocycles. The Bertz CT molecular complexity index is 1280. The van der Waals surface area contributed by atoms with Gasteiger partial charge in [-0.25, -0.2) is 10.2 Å². The Kier molecular flexibility index (Phi) is 8.22. The van der Waals surface area contributed by atoms with E-state index < -0.39 is 22.6 Å². The zero-order chi connectivity index (χ0) is 25.8. The molecule has 3 rings (SSSR count). The van der Waals surface area contributed by atoms with Crippen molar-refractivity contribution in [2.75, 3.05) is 5.32 Å². The first-order valence-corrected chi connectivity index (χ1v) is 11.9. The number of anilines is 1. The number of benzene rings is 2. The summed E-state index contributed by atoms with van der Waals surface area (Å²) in [4.78, 5) is 17.8. The van der Waals surface area contributed by atoms with Gasteiger partial charge in [0.25, 0.3) is 5.91 Å². The van der Waals surface area contributed by atoms with Gasteiger partial charge in [0, 0.05) is 39.3 Å². The van der Waals surface area contributed by atoms with Gasteiger partial charge < -0.3 is 15.9 Å². The summed E-state index contributed by atoms with van der Waals surface area (Å²) in [5.74, 6) is -1.57. The summed E-state index contributed by atoms with van der Waals surface area (Å²) in [7, 11) is 0. The number of halogens is 1. The molecule has 11 heteroatoms. The lowest BCUT2D eigenvalue weighted by atomic mass is 10.0. The molecule has 0 saturated carbocycles. The highest BCUT2D eigenvalue weighted by atomic mass is 35.5. The molecule has 2 atom stereocenters. The molecule has 0 aliphatic rings. The summed E-state index contributed by atoms with van der Waals surface area (Å²) in [6.07, 6.45) is 0. The number of hydrazone groups is 1. The number of nitrogens with zero attached hydrogens (tertiary/aromatic N) is 3. The third kappa shape index (κ3) is 6.85. The van der Waals surface area contributed by atoms with Gasteiger partial charge in [-0.15, -0.1) is 11.3 Å². The summed E-state index contributed by atoms with van der Waals surface area (Å²) in [5, 5.41) is 39.0. The van der Waals surface area contributed by atoms with Crippen LogP contribution < -0.4 is 16.0 Å². The molecule has 35 heavy (non-hydrogen) atoms. The molecule has 0 spiro atoms. The third-order valence-electron chi connectivity index (χ3n) is 4.78. The van der Waals surface area contributed by atoms with Crippen LogP contribution >= 0.6 is 22.9 Å². The smallest absolute Gasteiger partial charge is 0.273 e. The average Bonchev–Trinajstić information content (AvgIpc) is 3.27. The van der Waals surface area contributed by atoms with Gasteiger partial charge in [-0.2, -0.15) is 15.6 Å². The van der Waals surface area contributed by atoms with Crippen molar-refractivity contribution in [2.24, 2.45) is 5.10 Å². The zero-order valence-corrected chi connectivity index (χ0v) is 21.2. The molecule has 1 amide bonds. The first-order valence-electron chi connectivity index (χ1n) is 10.6. The molecule has 2 unspecified atom stereocenters. The van der Waals surface area contributed by atoms with Crippen molar-refractivity contribution < 1.29 is 15.2 Å². The number of aromatic nitrogens is 1. The van der Waals surface area contributed by atoms with Crippen LogP contribution in [-0.2, 0) is 4.79 Å². The fourth-order valence-corrected chi connectivity index (χ4v) is 4.10. The minimum absolute atomic E-state index is 0.0288. The Hall–Kier alpha value is -3.33. The molecule has 9 nitrogen and oxygen atoms in total. The molecule has 2 aromatic carbocycles.